The monoisotopic (exact) mass is 521 g/mol. The van der Waals surface area contributed by atoms with E-state index in [0.717, 1.165) is 73.1 Å². The van der Waals surface area contributed by atoms with E-state index in [1.54, 1.807) is 4.68 Å². The van der Waals surface area contributed by atoms with E-state index in [4.69, 9.17) is 4.74 Å². The molecular formula is C25H30F3N5O2S. The number of alkyl halides is 3. The quantitative estimate of drug-likeness (QED) is 0.488. The van der Waals surface area contributed by atoms with Crippen LogP contribution in [-0.2, 0) is 20.0 Å². The molecule has 0 spiro atoms. The molecule has 1 N–H and O–H groups in total. The van der Waals surface area contributed by atoms with E-state index in [1.807, 2.05) is 31.4 Å². The van der Waals surface area contributed by atoms with Gasteiger partial charge in [-0.3, -0.25) is 14.4 Å². The van der Waals surface area contributed by atoms with E-state index in [9.17, 15) is 18.0 Å². The van der Waals surface area contributed by atoms with Crippen LogP contribution in [0.25, 0.3) is 10.9 Å². The van der Waals surface area contributed by atoms with Crippen molar-refractivity contribution in [1.82, 2.24) is 25.0 Å². The van der Waals surface area contributed by atoms with Gasteiger partial charge < -0.3 is 10.1 Å². The maximum absolute atomic E-state index is 12.9. The van der Waals surface area contributed by atoms with Gasteiger partial charge in [-0.05, 0) is 63.1 Å². The summed E-state index contributed by atoms with van der Waals surface area (Å²) in [6, 6.07) is 5.81. The van der Waals surface area contributed by atoms with Crippen molar-refractivity contribution >= 4 is 28.1 Å². The number of hydrogen-bond acceptors (Lipinski definition) is 6. The second-order valence-electron chi connectivity index (χ2n) is 9.80. The van der Waals surface area contributed by atoms with E-state index in [1.165, 1.54) is 11.3 Å². The Kier molecular flexibility index (Phi) is 7.21. The number of hydrogen-bond donors (Lipinski definition) is 1. The van der Waals surface area contributed by atoms with Crippen molar-refractivity contribution in [3.05, 3.63) is 40.5 Å². The third-order valence-corrected chi connectivity index (χ3v) is 8.16. The van der Waals surface area contributed by atoms with E-state index >= 15 is 0 Å². The number of carbonyl (C=O) groups excluding carboxylic acids is 1. The largest absolute Gasteiger partial charge is 0.460 e. The predicted octanol–water partition coefficient (Wildman–Crippen LogP) is 4.71. The lowest BCUT2D eigenvalue weighted by Gasteiger charge is -2.32. The first-order valence-electron chi connectivity index (χ1n) is 12.4. The highest BCUT2D eigenvalue weighted by Gasteiger charge is 2.30. The van der Waals surface area contributed by atoms with Crippen LogP contribution in [-0.4, -0.2) is 57.5 Å². The molecule has 1 aliphatic heterocycles. The highest BCUT2D eigenvalue weighted by Crippen LogP contribution is 2.32. The molecule has 3 heterocycles. The van der Waals surface area contributed by atoms with Crippen LogP contribution in [0.4, 0.5) is 13.2 Å². The molecule has 0 unspecified atom stereocenters. The van der Waals surface area contributed by atoms with Gasteiger partial charge in [0.25, 0.3) is 11.1 Å². The second-order valence-corrected chi connectivity index (χ2v) is 10.8. The Labute approximate surface area is 211 Å². The van der Waals surface area contributed by atoms with Crippen LogP contribution in [0.2, 0.25) is 0 Å². The molecule has 5 rings (SSSR count). The summed E-state index contributed by atoms with van der Waals surface area (Å²) in [4.78, 5) is 20.6. The number of carbonyl (C=O) groups is 1. The first-order valence-corrected chi connectivity index (χ1v) is 13.2. The highest BCUT2D eigenvalue weighted by molar-refractivity contribution is 7.13. The summed E-state index contributed by atoms with van der Waals surface area (Å²) in [7, 11) is 1.85. The number of aryl methyl sites for hydroxylation is 1. The molecule has 2 aliphatic rings. The minimum atomic E-state index is -4.35. The topological polar surface area (TPSA) is 72.3 Å². The summed E-state index contributed by atoms with van der Waals surface area (Å²) in [6.07, 6.45) is 3.49. The van der Waals surface area contributed by atoms with Crippen LogP contribution < -0.4 is 10.1 Å². The molecule has 0 bridgehead atoms. The Hall–Kier alpha value is -2.66. The van der Waals surface area contributed by atoms with Gasteiger partial charge in [0.2, 0.25) is 0 Å². The molecule has 7 nitrogen and oxygen atoms in total. The number of amides is 1. The SMILES string of the molecule is Cn1cc2c(C(=O)N[C@H]3CC[C@H](CCN4CCc5sc(OCC(F)(F)F)nc5C4)CC3)cccc2n1. The van der Waals surface area contributed by atoms with Gasteiger partial charge in [0.1, 0.15) is 0 Å². The predicted molar refractivity (Wildman–Crippen MR) is 131 cm³/mol. The Morgan fingerprint density at radius 3 is 2.83 bits per heavy atom. The zero-order valence-electron chi connectivity index (χ0n) is 20.2. The van der Waals surface area contributed by atoms with Crippen molar-refractivity contribution in [3.8, 4) is 5.19 Å². The number of halogens is 3. The fourth-order valence-electron chi connectivity index (χ4n) is 5.21. The molecule has 0 saturated heterocycles. The molecule has 1 aromatic carbocycles. The smallest absolute Gasteiger partial charge is 0.422 e. The Morgan fingerprint density at radius 1 is 1.25 bits per heavy atom. The van der Waals surface area contributed by atoms with Crippen LogP contribution in [0.3, 0.4) is 0 Å². The number of fused-ring (bicyclic) bond motifs is 2. The van der Waals surface area contributed by atoms with E-state index in [-0.39, 0.29) is 17.1 Å². The molecule has 1 aliphatic carbocycles. The van der Waals surface area contributed by atoms with Crippen molar-refractivity contribution in [2.75, 3.05) is 19.7 Å². The minimum absolute atomic E-state index is 0.0389. The lowest BCUT2D eigenvalue weighted by molar-refractivity contribution is -0.153. The number of benzene rings is 1. The molecule has 36 heavy (non-hydrogen) atoms. The molecular weight excluding hydrogens is 491 g/mol. The third-order valence-electron chi connectivity index (χ3n) is 7.09. The first-order chi connectivity index (χ1) is 17.2. The Bertz CT molecular complexity index is 1220. The van der Waals surface area contributed by atoms with Crippen molar-refractivity contribution < 1.29 is 22.7 Å². The molecule has 1 fully saturated rings. The summed E-state index contributed by atoms with van der Waals surface area (Å²) < 4.78 is 43.8. The Balaban J connectivity index is 1.06. The van der Waals surface area contributed by atoms with Crippen molar-refractivity contribution in [1.29, 1.82) is 0 Å². The van der Waals surface area contributed by atoms with Gasteiger partial charge in [0, 0.05) is 42.6 Å². The summed E-state index contributed by atoms with van der Waals surface area (Å²) >= 11 is 1.23. The van der Waals surface area contributed by atoms with Gasteiger partial charge in [0.05, 0.1) is 16.8 Å². The number of thiazole rings is 1. The molecule has 194 valence electrons. The van der Waals surface area contributed by atoms with E-state index < -0.39 is 12.8 Å². The first kappa shape index (κ1) is 25.0. The van der Waals surface area contributed by atoms with Gasteiger partial charge in [-0.25, -0.2) is 4.98 Å². The number of ether oxygens (including phenoxy) is 1. The zero-order chi connectivity index (χ0) is 25.3. The standard InChI is InChI=1S/C25H30F3N5O2S/c1-32-13-19-18(3-2-4-20(19)31-32)23(34)29-17-7-5-16(6-8-17)9-11-33-12-10-22-21(14-33)30-24(36-22)35-15-25(26,27)28/h2-4,13,16-17H,5-12,14-15H2,1H3,(H,29,34)/t16-,17-. The van der Waals surface area contributed by atoms with Crippen LogP contribution in [0.15, 0.2) is 24.4 Å². The molecule has 0 atom stereocenters. The molecule has 11 heteroatoms. The average molecular weight is 522 g/mol. The average Bonchev–Trinajstić information content (AvgIpc) is 3.43. The highest BCUT2D eigenvalue weighted by atomic mass is 32.1. The van der Waals surface area contributed by atoms with Gasteiger partial charge in [-0.2, -0.15) is 18.3 Å². The fourth-order valence-corrected chi connectivity index (χ4v) is 6.11. The van der Waals surface area contributed by atoms with Crippen LogP contribution >= 0.6 is 11.3 Å². The van der Waals surface area contributed by atoms with Gasteiger partial charge >= 0.3 is 6.18 Å². The zero-order valence-corrected chi connectivity index (χ0v) is 21.0. The molecule has 1 saturated carbocycles. The third kappa shape index (κ3) is 6.00. The maximum Gasteiger partial charge on any atom is 0.422 e. The molecule has 1 amide bonds. The summed E-state index contributed by atoms with van der Waals surface area (Å²) in [5, 5.41) is 8.59. The number of nitrogens with zero attached hydrogens (tertiary/aromatic N) is 4. The normalized spacial score (nSPS) is 20.9. The number of rotatable bonds is 7. The van der Waals surface area contributed by atoms with Crippen molar-refractivity contribution in [2.24, 2.45) is 13.0 Å². The number of aromatic nitrogens is 3. The Morgan fingerprint density at radius 2 is 2.06 bits per heavy atom. The van der Waals surface area contributed by atoms with Crippen molar-refractivity contribution in [3.63, 3.8) is 0 Å². The molecule has 3 aromatic rings. The molecule has 2 aromatic heterocycles. The van der Waals surface area contributed by atoms with Gasteiger partial charge in [-0.15, -0.1) is 0 Å². The maximum atomic E-state index is 12.9. The van der Waals surface area contributed by atoms with Crippen LogP contribution in [0.5, 0.6) is 5.19 Å². The fraction of sp³-hybridized carbons (Fsp3) is 0.560. The summed E-state index contributed by atoms with van der Waals surface area (Å²) in [6.45, 7) is 1.19. The van der Waals surface area contributed by atoms with E-state index in [2.05, 4.69) is 20.3 Å². The lowest BCUT2D eigenvalue weighted by Crippen LogP contribution is -2.38. The van der Waals surface area contributed by atoms with Crippen LogP contribution in [0.1, 0.15) is 53.0 Å². The number of nitrogens with one attached hydrogen (secondary N) is 1. The summed E-state index contributed by atoms with van der Waals surface area (Å²) in [5.41, 5.74) is 2.33. The van der Waals surface area contributed by atoms with Crippen LogP contribution in [0, 0.1) is 5.92 Å². The second kappa shape index (κ2) is 10.4. The minimum Gasteiger partial charge on any atom is -0.460 e. The lowest BCUT2D eigenvalue weighted by atomic mass is 9.84. The van der Waals surface area contributed by atoms with Crippen molar-refractivity contribution in [2.45, 2.75) is 57.3 Å². The summed E-state index contributed by atoms with van der Waals surface area (Å²) in [5.74, 6) is 0.574. The van der Waals surface area contributed by atoms with Gasteiger partial charge in [-0.1, -0.05) is 17.4 Å². The van der Waals surface area contributed by atoms with Gasteiger partial charge in [0.15, 0.2) is 6.61 Å². The van der Waals surface area contributed by atoms with E-state index in [0.29, 0.717) is 18.0 Å². The molecule has 0 radical (unpaired) electrons.